The van der Waals surface area contributed by atoms with Crippen molar-refractivity contribution >= 4 is 11.3 Å². The SMILES string of the molecule is CCCNC1(c2nc3c(s2)CCC3)CC(OC)C1. The molecule has 0 bridgehead atoms. The summed E-state index contributed by atoms with van der Waals surface area (Å²) in [5.41, 5.74) is 1.49. The van der Waals surface area contributed by atoms with Crippen LogP contribution in [0, 0.1) is 0 Å². The lowest BCUT2D eigenvalue weighted by molar-refractivity contribution is -0.0331. The summed E-state index contributed by atoms with van der Waals surface area (Å²) in [6.07, 6.45) is 7.46. The van der Waals surface area contributed by atoms with Gasteiger partial charge in [0.05, 0.1) is 17.3 Å². The summed E-state index contributed by atoms with van der Waals surface area (Å²) in [5, 5.41) is 5.03. The highest BCUT2D eigenvalue weighted by molar-refractivity contribution is 7.12. The highest BCUT2D eigenvalue weighted by atomic mass is 32.1. The zero-order valence-corrected chi connectivity index (χ0v) is 12.1. The molecule has 1 fully saturated rings. The first-order valence-corrected chi connectivity index (χ1v) is 7.86. The van der Waals surface area contributed by atoms with Crippen LogP contribution in [0.4, 0.5) is 0 Å². The zero-order valence-electron chi connectivity index (χ0n) is 11.3. The number of ether oxygens (including phenoxy) is 1. The standard InChI is InChI=1S/C14H22N2OS/c1-3-7-15-14(8-10(9-14)17-2)13-16-11-5-4-6-12(11)18-13/h10,15H,3-9H2,1-2H3. The number of fused-ring (bicyclic) bond motifs is 1. The molecule has 0 atom stereocenters. The smallest absolute Gasteiger partial charge is 0.113 e. The first-order chi connectivity index (χ1) is 8.77. The molecule has 2 aliphatic carbocycles. The third-order valence-electron chi connectivity index (χ3n) is 4.20. The monoisotopic (exact) mass is 266 g/mol. The summed E-state index contributed by atoms with van der Waals surface area (Å²) in [6.45, 7) is 3.29. The minimum Gasteiger partial charge on any atom is -0.381 e. The van der Waals surface area contributed by atoms with Crippen molar-refractivity contribution in [1.82, 2.24) is 10.3 Å². The molecule has 0 spiro atoms. The Bertz CT molecular complexity index is 396. The third-order valence-corrected chi connectivity index (χ3v) is 5.57. The number of nitrogens with one attached hydrogen (secondary N) is 1. The molecule has 0 amide bonds. The summed E-state index contributed by atoms with van der Waals surface area (Å²) >= 11 is 1.94. The van der Waals surface area contributed by atoms with Gasteiger partial charge in [0.1, 0.15) is 5.01 Å². The molecule has 1 heterocycles. The van der Waals surface area contributed by atoms with Gasteiger partial charge >= 0.3 is 0 Å². The van der Waals surface area contributed by atoms with Gasteiger partial charge in [0.2, 0.25) is 0 Å². The van der Waals surface area contributed by atoms with E-state index >= 15 is 0 Å². The molecule has 0 aliphatic heterocycles. The summed E-state index contributed by atoms with van der Waals surface area (Å²) in [5.74, 6) is 0. The quantitative estimate of drug-likeness (QED) is 0.889. The summed E-state index contributed by atoms with van der Waals surface area (Å²) in [4.78, 5) is 6.44. The van der Waals surface area contributed by atoms with Gasteiger partial charge in [0, 0.05) is 12.0 Å². The lowest BCUT2D eigenvalue weighted by Gasteiger charge is -2.46. The van der Waals surface area contributed by atoms with E-state index in [2.05, 4.69) is 12.2 Å². The van der Waals surface area contributed by atoms with Crippen molar-refractivity contribution < 1.29 is 4.74 Å². The first-order valence-electron chi connectivity index (χ1n) is 7.04. The zero-order chi connectivity index (χ0) is 12.6. The van der Waals surface area contributed by atoms with Crippen molar-refractivity contribution in [3.05, 3.63) is 15.6 Å². The average molecular weight is 266 g/mol. The van der Waals surface area contributed by atoms with Crippen molar-refractivity contribution in [3.8, 4) is 0 Å². The lowest BCUT2D eigenvalue weighted by Crippen LogP contribution is -2.55. The second kappa shape index (κ2) is 4.91. The fourth-order valence-corrected chi connectivity index (χ4v) is 4.37. The fraction of sp³-hybridized carbons (Fsp3) is 0.786. The topological polar surface area (TPSA) is 34.2 Å². The summed E-state index contributed by atoms with van der Waals surface area (Å²) in [6, 6.07) is 0. The van der Waals surface area contributed by atoms with Gasteiger partial charge in [-0.15, -0.1) is 11.3 Å². The predicted molar refractivity (Wildman–Crippen MR) is 74.1 cm³/mol. The van der Waals surface area contributed by atoms with Crippen molar-refractivity contribution in [3.63, 3.8) is 0 Å². The number of methoxy groups -OCH3 is 1. The van der Waals surface area contributed by atoms with Crippen LogP contribution in [0.2, 0.25) is 0 Å². The Morgan fingerprint density at radius 2 is 2.28 bits per heavy atom. The maximum atomic E-state index is 5.46. The number of hydrogen-bond acceptors (Lipinski definition) is 4. The van der Waals surface area contributed by atoms with E-state index in [-0.39, 0.29) is 5.54 Å². The highest BCUT2D eigenvalue weighted by Crippen LogP contribution is 2.46. The van der Waals surface area contributed by atoms with Gasteiger partial charge in [0.25, 0.3) is 0 Å². The molecule has 1 aromatic heterocycles. The Balaban J connectivity index is 1.80. The number of nitrogens with zero attached hydrogens (tertiary/aromatic N) is 1. The molecular weight excluding hydrogens is 244 g/mol. The second-order valence-electron chi connectivity index (χ2n) is 5.52. The first kappa shape index (κ1) is 12.6. The molecule has 1 saturated carbocycles. The van der Waals surface area contributed by atoms with E-state index in [1.165, 1.54) is 41.3 Å². The number of thiazole rings is 1. The van der Waals surface area contributed by atoms with E-state index in [4.69, 9.17) is 9.72 Å². The van der Waals surface area contributed by atoms with Crippen molar-refractivity contribution in [2.45, 2.75) is 57.1 Å². The molecule has 4 heteroatoms. The van der Waals surface area contributed by atoms with Crippen LogP contribution in [0.5, 0.6) is 0 Å². The Morgan fingerprint density at radius 1 is 1.44 bits per heavy atom. The second-order valence-corrected chi connectivity index (χ2v) is 6.60. The normalized spacial score (nSPS) is 30.2. The maximum Gasteiger partial charge on any atom is 0.113 e. The molecule has 1 N–H and O–H groups in total. The van der Waals surface area contributed by atoms with E-state index < -0.39 is 0 Å². The van der Waals surface area contributed by atoms with E-state index in [0.29, 0.717) is 6.10 Å². The van der Waals surface area contributed by atoms with E-state index in [1.807, 2.05) is 18.4 Å². The minimum absolute atomic E-state index is 0.117. The molecular formula is C14H22N2OS. The van der Waals surface area contributed by atoms with Crippen LogP contribution in [-0.2, 0) is 23.1 Å². The Kier molecular flexibility index (Phi) is 3.43. The average Bonchev–Trinajstić information content (AvgIpc) is 2.88. The number of rotatable bonds is 5. The largest absolute Gasteiger partial charge is 0.381 e. The van der Waals surface area contributed by atoms with Crippen LogP contribution < -0.4 is 5.32 Å². The Morgan fingerprint density at radius 3 is 2.94 bits per heavy atom. The number of aryl methyl sites for hydroxylation is 2. The van der Waals surface area contributed by atoms with Crippen LogP contribution in [0.15, 0.2) is 0 Å². The van der Waals surface area contributed by atoms with Gasteiger partial charge in [-0.3, -0.25) is 0 Å². The molecule has 0 aromatic carbocycles. The van der Waals surface area contributed by atoms with Crippen LogP contribution in [0.25, 0.3) is 0 Å². The van der Waals surface area contributed by atoms with Gasteiger partial charge < -0.3 is 10.1 Å². The summed E-state index contributed by atoms with van der Waals surface area (Å²) in [7, 11) is 1.82. The molecule has 0 radical (unpaired) electrons. The van der Waals surface area contributed by atoms with Crippen LogP contribution >= 0.6 is 11.3 Å². The maximum absolute atomic E-state index is 5.46. The predicted octanol–water partition coefficient (Wildman–Crippen LogP) is 2.64. The van der Waals surface area contributed by atoms with Crippen molar-refractivity contribution in [2.75, 3.05) is 13.7 Å². The van der Waals surface area contributed by atoms with Crippen LogP contribution in [0.3, 0.4) is 0 Å². The van der Waals surface area contributed by atoms with Gasteiger partial charge in [-0.05, 0) is 45.1 Å². The van der Waals surface area contributed by atoms with Crippen molar-refractivity contribution in [2.24, 2.45) is 0 Å². The van der Waals surface area contributed by atoms with E-state index in [0.717, 1.165) is 19.4 Å². The Hall–Kier alpha value is -0.450. The summed E-state index contributed by atoms with van der Waals surface area (Å²) < 4.78 is 5.46. The highest BCUT2D eigenvalue weighted by Gasteiger charge is 2.48. The number of aromatic nitrogens is 1. The molecule has 18 heavy (non-hydrogen) atoms. The third kappa shape index (κ3) is 2.00. The minimum atomic E-state index is 0.117. The van der Waals surface area contributed by atoms with E-state index in [1.54, 1.807) is 0 Å². The molecule has 3 rings (SSSR count). The van der Waals surface area contributed by atoms with Gasteiger partial charge in [-0.2, -0.15) is 0 Å². The van der Waals surface area contributed by atoms with Crippen molar-refractivity contribution in [1.29, 1.82) is 0 Å². The fourth-order valence-electron chi connectivity index (χ4n) is 3.04. The molecule has 0 unspecified atom stereocenters. The van der Waals surface area contributed by atoms with Crippen LogP contribution in [-0.4, -0.2) is 24.7 Å². The molecule has 2 aliphatic rings. The van der Waals surface area contributed by atoms with Gasteiger partial charge in [0.15, 0.2) is 0 Å². The Labute approximate surface area is 113 Å². The molecule has 0 saturated heterocycles. The van der Waals surface area contributed by atoms with Crippen LogP contribution in [0.1, 0.15) is 48.2 Å². The van der Waals surface area contributed by atoms with Gasteiger partial charge in [-0.25, -0.2) is 4.98 Å². The lowest BCUT2D eigenvalue weighted by atomic mass is 9.74. The van der Waals surface area contributed by atoms with E-state index in [9.17, 15) is 0 Å². The molecule has 100 valence electrons. The number of hydrogen-bond donors (Lipinski definition) is 1. The molecule has 3 nitrogen and oxygen atoms in total. The van der Waals surface area contributed by atoms with Gasteiger partial charge in [-0.1, -0.05) is 6.92 Å². The molecule has 1 aromatic rings.